The highest BCUT2D eigenvalue weighted by molar-refractivity contribution is 5.37. The minimum absolute atomic E-state index is 0.00232. The second-order valence-electron chi connectivity index (χ2n) is 3.40. The molecule has 90 valence electrons. The Morgan fingerprint density at radius 2 is 2.06 bits per heavy atom. The van der Waals surface area contributed by atoms with Gasteiger partial charge >= 0.3 is 0 Å². The molecule has 1 aromatic rings. The number of nitrogens with one attached hydrogen (secondary N) is 1. The van der Waals surface area contributed by atoms with Gasteiger partial charge in [-0.1, -0.05) is 0 Å². The molecule has 5 heteroatoms. The van der Waals surface area contributed by atoms with Gasteiger partial charge < -0.3 is 10.1 Å². The van der Waals surface area contributed by atoms with Gasteiger partial charge in [0.15, 0.2) is 0 Å². The highest BCUT2D eigenvalue weighted by atomic mass is 19.3. The van der Waals surface area contributed by atoms with E-state index in [-0.39, 0.29) is 12.3 Å². The zero-order chi connectivity index (χ0) is 12.2. The van der Waals surface area contributed by atoms with E-state index in [1.165, 1.54) is 13.2 Å². The fourth-order valence-electron chi connectivity index (χ4n) is 1.38. The van der Waals surface area contributed by atoms with Crippen molar-refractivity contribution in [3.8, 4) is 5.75 Å². The van der Waals surface area contributed by atoms with E-state index in [9.17, 15) is 13.2 Å². The van der Waals surface area contributed by atoms with Crippen molar-refractivity contribution in [2.24, 2.45) is 0 Å². The number of rotatable bonds is 5. The Kier molecular flexibility index (Phi) is 4.18. The summed E-state index contributed by atoms with van der Waals surface area (Å²) < 4.78 is 45.1. The summed E-state index contributed by atoms with van der Waals surface area (Å²) in [5.41, 5.74) is -0.412. The van der Waals surface area contributed by atoms with Crippen molar-refractivity contribution in [2.45, 2.75) is 12.3 Å². The quantitative estimate of drug-likeness (QED) is 0.843. The highest BCUT2D eigenvalue weighted by Gasteiger charge is 2.34. The molecule has 0 aliphatic rings. The Hall–Kier alpha value is -1.23. The van der Waals surface area contributed by atoms with Crippen molar-refractivity contribution < 1.29 is 17.9 Å². The molecule has 0 saturated carbocycles. The first-order chi connectivity index (χ1) is 7.51. The van der Waals surface area contributed by atoms with Gasteiger partial charge in [-0.15, -0.1) is 0 Å². The molecule has 1 aromatic carbocycles. The van der Waals surface area contributed by atoms with Crippen LogP contribution in [0.25, 0.3) is 0 Å². The zero-order valence-corrected chi connectivity index (χ0v) is 9.19. The summed E-state index contributed by atoms with van der Waals surface area (Å²) in [7, 11) is 2.86. The normalized spacial score (nSPS) is 11.6. The third-order valence-corrected chi connectivity index (χ3v) is 2.24. The van der Waals surface area contributed by atoms with Gasteiger partial charge in [-0.2, -0.15) is 0 Å². The van der Waals surface area contributed by atoms with E-state index in [0.29, 0.717) is 0 Å². The van der Waals surface area contributed by atoms with Crippen LogP contribution < -0.4 is 10.1 Å². The van der Waals surface area contributed by atoms with Gasteiger partial charge in [0, 0.05) is 13.0 Å². The third kappa shape index (κ3) is 2.88. The van der Waals surface area contributed by atoms with Crippen molar-refractivity contribution in [3.05, 3.63) is 29.6 Å². The minimum atomic E-state index is -3.10. The van der Waals surface area contributed by atoms with Gasteiger partial charge in [0.05, 0.1) is 12.7 Å². The van der Waals surface area contributed by atoms with Gasteiger partial charge in [-0.3, -0.25) is 0 Å². The topological polar surface area (TPSA) is 21.3 Å². The first-order valence-corrected chi connectivity index (χ1v) is 4.87. The number of benzene rings is 1. The fourth-order valence-corrected chi connectivity index (χ4v) is 1.38. The van der Waals surface area contributed by atoms with Crippen molar-refractivity contribution in [3.63, 3.8) is 0 Å². The molecule has 0 atom stereocenters. The fraction of sp³-hybridized carbons (Fsp3) is 0.455. The van der Waals surface area contributed by atoms with Gasteiger partial charge in [-0.05, 0) is 25.2 Å². The Bertz CT molecular complexity index is 355. The second kappa shape index (κ2) is 5.21. The molecule has 0 amide bonds. The van der Waals surface area contributed by atoms with E-state index in [1.807, 2.05) is 0 Å². The summed E-state index contributed by atoms with van der Waals surface area (Å²) >= 11 is 0. The maximum Gasteiger partial charge on any atom is 0.278 e. The summed E-state index contributed by atoms with van der Waals surface area (Å²) in [6.07, 6.45) is -0.399. The number of halogens is 3. The molecule has 0 fully saturated rings. The Balaban J connectivity index is 3.04. The van der Waals surface area contributed by atoms with Gasteiger partial charge in [0.25, 0.3) is 5.92 Å². The van der Waals surface area contributed by atoms with Crippen LogP contribution in [0.5, 0.6) is 5.75 Å². The number of alkyl halides is 2. The van der Waals surface area contributed by atoms with E-state index in [4.69, 9.17) is 4.74 Å². The molecule has 0 spiro atoms. The van der Waals surface area contributed by atoms with E-state index in [0.717, 1.165) is 12.1 Å². The van der Waals surface area contributed by atoms with Crippen molar-refractivity contribution >= 4 is 0 Å². The molecular weight excluding hydrogens is 219 g/mol. The van der Waals surface area contributed by atoms with Gasteiger partial charge in [0.2, 0.25) is 0 Å². The lowest BCUT2D eigenvalue weighted by Gasteiger charge is -2.19. The smallest absolute Gasteiger partial charge is 0.278 e. The summed E-state index contributed by atoms with van der Waals surface area (Å²) in [6.45, 7) is 0.146. The third-order valence-electron chi connectivity index (χ3n) is 2.24. The largest absolute Gasteiger partial charge is 0.496 e. The molecule has 16 heavy (non-hydrogen) atoms. The lowest BCUT2D eigenvalue weighted by atomic mass is 10.0. The van der Waals surface area contributed by atoms with Gasteiger partial charge in [0.1, 0.15) is 11.6 Å². The molecule has 0 aromatic heterocycles. The van der Waals surface area contributed by atoms with Crippen LogP contribution in [0.4, 0.5) is 13.2 Å². The Morgan fingerprint density at radius 3 is 2.62 bits per heavy atom. The number of hydrogen-bond acceptors (Lipinski definition) is 2. The first-order valence-electron chi connectivity index (χ1n) is 4.87. The lowest BCUT2D eigenvalue weighted by Crippen LogP contribution is -2.21. The van der Waals surface area contributed by atoms with Crippen molar-refractivity contribution in [2.75, 3.05) is 20.7 Å². The van der Waals surface area contributed by atoms with E-state index in [1.54, 1.807) is 7.05 Å². The molecule has 0 bridgehead atoms. The first kappa shape index (κ1) is 12.8. The minimum Gasteiger partial charge on any atom is -0.496 e. The molecule has 1 N–H and O–H groups in total. The molecule has 0 heterocycles. The van der Waals surface area contributed by atoms with Crippen LogP contribution in [0.15, 0.2) is 18.2 Å². The number of hydrogen-bond donors (Lipinski definition) is 1. The SMILES string of the molecule is CNCCC(F)(F)c1cc(F)ccc1OC. The average molecular weight is 233 g/mol. The molecule has 2 nitrogen and oxygen atoms in total. The standard InChI is InChI=1S/C11H14F3NO/c1-15-6-5-11(13,14)9-7-8(12)3-4-10(9)16-2/h3-4,7,15H,5-6H2,1-2H3. The lowest BCUT2D eigenvalue weighted by molar-refractivity contribution is -0.0147. The summed E-state index contributed by atoms with van der Waals surface area (Å²) in [4.78, 5) is 0. The van der Waals surface area contributed by atoms with E-state index >= 15 is 0 Å². The molecule has 0 saturated heterocycles. The maximum absolute atomic E-state index is 13.7. The van der Waals surface area contributed by atoms with Crippen LogP contribution in [0.1, 0.15) is 12.0 Å². The second-order valence-corrected chi connectivity index (χ2v) is 3.40. The monoisotopic (exact) mass is 233 g/mol. The van der Waals surface area contributed by atoms with Crippen molar-refractivity contribution in [1.82, 2.24) is 5.32 Å². The number of ether oxygens (including phenoxy) is 1. The average Bonchev–Trinajstić information content (AvgIpc) is 2.26. The summed E-state index contributed by atoms with van der Waals surface area (Å²) in [5.74, 6) is -3.79. The van der Waals surface area contributed by atoms with Crippen LogP contribution in [0.3, 0.4) is 0 Å². The van der Waals surface area contributed by atoms with Crippen LogP contribution >= 0.6 is 0 Å². The summed E-state index contributed by atoms with van der Waals surface area (Å²) in [6, 6.07) is 3.11. The van der Waals surface area contributed by atoms with E-state index < -0.39 is 23.7 Å². The highest BCUT2D eigenvalue weighted by Crippen LogP contribution is 2.37. The molecular formula is C11H14F3NO. The zero-order valence-electron chi connectivity index (χ0n) is 9.19. The van der Waals surface area contributed by atoms with Gasteiger partial charge in [-0.25, -0.2) is 13.2 Å². The Labute approximate surface area is 92.4 Å². The summed E-state index contributed by atoms with van der Waals surface area (Å²) in [5, 5.41) is 2.63. The number of methoxy groups -OCH3 is 1. The van der Waals surface area contributed by atoms with Crippen LogP contribution in [-0.2, 0) is 5.92 Å². The molecule has 0 aliphatic carbocycles. The molecule has 0 radical (unpaired) electrons. The molecule has 0 aliphatic heterocycles. The van der Waals surface area contributed by atoms with Crippen molar-refractivity contribution in [1.29, 1.82) is 0 Å². The van der Waals surface area contributed by atoms with Crippen LogP contribution in [0, 0.1) is 5.82 Å². The Morgan fingerprint density at radius 1 is 1.38 bits per heavy atom. The maximum atomic E-state index is 13.7. The predicted octanol–water partition coefficient (Wildman–Crippen LogP) is 2.54. The van der Waals surface area contributed by atoms with E-state index in [2.05, 4.69) is 5.32 Å². The molecule has 1 rings (SSSR count). The predicted molar refractivity (Wildman–Crippen MR) is 55.4 cm³/mol. The van der Waals surface area contributed by atoms with Crippen LogP contribution in [0.2, 0.25) is 0 Å². The van der Waals surface area contributed by atoms with Crippen LogP contribution in [-0.4, -0.2) is 20.7 Å². The molecule has 0 unspecified atom stereocenters.